The van der Waals surface area contributed by atoms with Crippen molar-refractivity contribution in [3.8, 4) is 5.95 Å². The first-order valence-electron chi connectivity index (χ1n) is 7.71. The summed E-state index contributed by atoms with van der Waals surface area (Å²) in [4.78, 5) is 14.4. The summed E-state index contributed by atoms with van der Waals surface area (Å²) in [5.74, 6) is 0.316. The van der Waals surface area contributed by atoms with Crippen LogP contribution < -0.4 is 10.2 Å². The van der Waals surface area contributed by atoms with Crippen molar-refractivity contribution < 1.29 is 9.15 Å². The van der Waals surface area contributed by atoms with Gasteiger partial charge in [0.05, 0.1) is 11.5 Å². The van der Waals surface area contributed by atoms with E-state index in [0.29, 0.717) is 16.9 Å². The van der Waals surface area contributed by atoms with Gasteiger partial charge in [-0.25, -0.2) is 0 Å². The second-order valence-electron chi connectivity index (χ2n) is 5.50. The van der Waals surface area contributed by atoms with Crippen LogP contribution in [0, 0.1) is 0 Å². The molecule has 0 bridgehead atoms. The van der Waals surface area contributed by atoms with Crippen LogP contribution in [0.5, 0.6) is 5.95 Å². The van der Waals surface area contributed by atoms with Gasteiger partial charge in [0.1, 0.15) is 5.58 Å². The van der Waals surface area contributed by atoms with Gasteiger partial charge in [-0.15, -0.1) is 0 Å². The van der Waals surface area contributed by atoms with Gasteiger partial charge in [-0.2, -0.15) is 0 Å². The van der Waals surface area contributed by atoms with Crippen molar-refractivity contribution in [2.75, 3.05) is 13.1 Å². The van der Waals surface area contributed by atoms with Crippen molar-refractivity contribution >= 4 is 11.0 Å². The number of rotatable bonds is 4. The van der Waals surface area contributed by atoms with Crippen LogP contribution in [0.3, 0.4) is 0 Å². The lowest BCUT2D eigenvalue weighted by Crippen LogP contribution is -2.42. The Kier molecular flexibility index (Phi) is 4.25. The van der Waals surface area contributed by atoms with Gasteiger partial charge in [0.2, 0.25) is 0 Å². The predicted molar refractivity (Wildman–Crippen MR) is 82.6 cm³/mol. The molecule has 1 unspecified atom stereocenters. The number of piperidine rings is 1. The standard InChI is InChI=1S/C17H21NO3/c1-2-16(18-10-6-3-7-11-18)21-17-12-14(19)13-8-4-5-9-15(13)20-17/h4-5,8-9,12,16H,2-3,6-7,10-11H2,1H3. The molecule has 0 amide bonds. The molecule has 4 heteroatoms. The van der Waals surface area contributed by atoms with Crippen LogP contribution in [-0.2, 0) is 0 Å². The third-order valence-corrected chi connectivity index (χ3v) is 4.01. The molecule has 1 aromatic heterocycles. The molecule has 0 saturated carbocycles. The van der Waals surface area contributed by atoms with Crippen LogP contribution in [0.2, 0.25) is 0 Å². The van der Waals surface area contributed by atoms with Gasteiger partial charge in [-0.3, -0.25) is 9.69 Å². The van der Waals surface area contributed by atoms with Crippen molar-refractivity contribution in [2.24, 2.45) is 0 Å². The first kappa shape index (κ1) is 14.1. The van der Waals surface area contributed by atoms with Gasteiger partial charge in [-0.05, 0) is 31.4 Å². The Morgan fingerprint density at radius 2 is 2.00 bits per heavy atom. The summed E-state index contributed by atoms with van der Waals surface area (Å²) in [6, 6.07) is 8.71. The van der Waals surface area contributed by atoms with E-state index in [1.807, 2.05) is 12.1 Å². The molecule has 0 spiro atoms. The van der Waals surface area contributed by atoms with Crippen LogP contribution >= 0.6 is 0 Å². The van der Waals surface area contributed by atoms with Crippen molar-refractivity contribution in [2.45, 2.75) is 38.8 Å². The zero-order chi connectivity index (χ0) is 14.7. The number of nitrogens with zero attached hydrogens (tertiary/aromatic N) is 1. The van der Waals surface area contributed by atoms with E-state index in [0.717, 1.165) is 19.5 Å². The van der Waals surface area contributed by atoms with Crippen molar-refractivity contribution in [3.63, 3.8) is 0 Å². The van der Waals surface area contributed by atoms with Crippen molar-refractivity contribution in [1.82, 2.24) is 4.90 Å². The second kappa shape index (κ2) is 6.31. The molecule has 0 aliphatic carbocycles. The Labute approximate surface area is 124 Å². The van der Waals surface area contributed by atoms with E-state index < -0.39 is 0 Å². The molecule has 112 valence electrons. The maximum absolute atomic E-state index is 12.1. The molecule has 1 fully saturated rings. The van der Waals surface area contributed by atoms with E-state index in [4.69, 9.17) is 9.15 Å². The minimum Gasteiger partial charge on any atom is -0.446 e. The topological polar surface area (TPSA) is 42.7 Å². The summed E-state index contributed by atoms with van der Waals surface area (Å²) < 4.78 is 11.7. The Morgan fingerprint density at radius 1 is 1.24 bits per heavy atom. The summed E-state index contributed by atoms with van der Waals surface area (Å²) >= 11 is 0. The number of benzene rings is 1. The third-order valence-electron chi connectivity index (χ3n) is 4.01. The van der Waals surface area contributed by atoms with Gasteiger partial charge in [0.25, 0.3) is 5.95 Å². The fourth-order valence-corrected chi connectivity index (χ4v) is 2.90. The largest absolute Gasteiger partial charge is 0.446 e. The Balaban J connectivity index is 1.84. The molecule has 1 aliphatic rings. The van der Waals surface area contributed by atoms with Gasteiger partial charge in [0.15, 0.2) is 11.7 Å². The fraction of sp³-hybridized carbons (Fsp3) is 0.471. The van der Waals surface area contributed by atoms with Gasteiger partial charge in [0, 0.05) is 13.1 Å². The lowest BCUT2D eigenvalue weighted by molar-refractivity contribution is -0.00498. The maximum Gasteiger partial charge on any atom is 0.290 e. The summed E-state index contributed by atoms with van der Waals surface area (Å²) in [5, 5.41) is 0.593. The van der Waals surface area contributed by atoms with E-state index >= 15 is 0 Å². The molecule has 3 rings (SSSR count). The lowest BCUT2D eigenvalue weighted by atomic mass is 10.1. The second-order valence-corrected chi connectivity index (χ2v) is 5.50. The zero-order valence-corrected chi connectivity index (χ0v) is 12.4. The van der Waals surface area contributed by atoms with Crippen LogP contribution in [0.1, 0.15) is 32.6 Å². The van der Waals surface area contributed by atoms with Gasteiger partial charge >= 0.3 is 0 Å². The number of hydrogen-bond acceptors (Lipinski definition) is 4. The minimum absolute atomic E-state index is 0.0189. The van der Waals surface area contributed by atoms with Crippen LogP contribution in [0.4, 0.5) is 0 Å². The molecule has 2 heterocycles. The smallest absolute Gasteiger partial charge is 0.290 e. The number of fused-ring (bicyclic) bond motifs is 1. The summed E-state index contributed by atoms with van der Waals surface area (Å²) in [7, 11) is 0. The molecule has 1 aliphatic heterocycles. The highest BCUT2D eigenvalue weighted by Crippen LogP contribution is 2.21. The number of hydrogen-bond donors (Lipinski definition) is 0. The highest BCUT2D eigenvalue weighted by molar-refractivity contribution is 5.76. The Morgan fingerprint density at radius 3 is 2.76 bits per heavy atom. The van der Waals surface area contributed by atoms with Crippen LogP contribution in [-0.4, -0.2) is 24.2 Å². The Hall–Kier alpha value is -1.81. The van der Waals surface area contributed by atoms with Crippen LogP contribution in [0.25, 0.3) is 11.0 Å². The SMILES string of the molecule is CCC(Oc1cc(=O)c2ccccc2o1)N1CCCCC1. The van der Waals surface area contributed by atoms with E-state index in [1.54, 1.807) is 12.1 Å². The molecule has 1 saturated heterocycles. The van der Waals surface area contributed by atoms with E-state index in [9.17, 15) is 4.79 Å². The maximum atomic E-state index is 12.1. The van der Waals surface area contributed by atoms with Gasteiger partial charge < -0.3 is 9.15 Å². The van der Waals surface area contributed by atoms with E-state index in [-0.39, 0.29) is 11.7 Å². The monoisotopic (exact) mass is 287 g/mol. The van der Waals surface area contributed by atoms with Crippen molar-refractivity contribution in [3.05, 3.63) is 40.6 Å². The quantitative estimate of drug-likeness (QED) is 0.864. The number of likely N-dealkylation sites (tertiary alicyclic amines) is 1. The first-order chi connectivity index (χ1) is 10.3. The molecule has 2 aromatic rings. The molecule has 1 aromatic carbocycles. The molecule has 1 atom stereocenters. The minimum atomic E-state index is -0.0552. The number of ether oxygens (including phenoxy) is 1. The van der Waals surface area contributed by atoms with E-state index in [1.165, 1.54) is 25.3 Å². The summed E-state index contributed by atoms with van der Waals surface area (Å²) in [5.41, 5.74) is 0.522. The summed E-state index contributed by atoms with van der Waals surface area (Å²) in [6.45, 7) is 4.20. The molecular weight excluding hydrogens is 266 g/mol. The number of para-hydroxylation sites is 1. The van der Waals surface area contributed by atoms with Crippen molar-refractivity contribution in [1.29, 1.82) is 0 Å². The molecular formula is C17H21NO3. The third kappa shape index (κ3) is 3.10. The average Bonchev–Trinajstić information content (AvgIpc) is 2.53. The lowest BCUT2D eigenvalue weighted by Gasteiger charge is -2.33. The first-order valence-corrected chi connectivity index (χ1v) is 7.71. The predicted octanol–water partition coefficient (Wildman–Crippen LogP) is 3.39. The van der Waals surface area contributed by atoms with Crippen LogP contribution in [0.15, 0.2) is 39.5 Å². The highest BCUT2D eigenvalue weighted by atomic mass is 16.6. The summed E-state index contributed by atoms with van der Waals surface area (Å²) in [6.07, 6.45) is 4.56. The molecule has 0 radical (unpaired) electrons. The average molecular weight is 287 g/mol. The highest BCUT2D eigenvalue weighted by Gasteiger charge is 2.21. The molecule has 0 N–H and O–H groups in total. The fourth-order valence-electron chi connectivity index (χ4n) is 2.90. The molecule has 21 heavy (non-hydrogen) atoms. The van der Waals surface area contributed by atoms with E-state index in [2.05, 4.69) is 11.8 Å². The zero-order valence-electron chi connectivity index (χ0n) is 12.4. The molecule has 4 nitrogen and oxygen atoms in total. The normalized spacial score (nSPS) is 17.8. The van der Waals surface area contributed by atoms with Gasteiger partial charge in [-0.1, -0.05) is 25.5 Å². The Bertz CT molecular complexity index is 658.